The lowest BCUT2D eigenvalue weighted by Gasteiger charge is -2.11. The van der Waals surface area contributed by atoms with Crippen LogP contribution < -0.4 is 0 Å². The van der Waals surface area contributed by atoms with Crippen LogP contribution in [0.2, 0.25) is 0 Å². The van der Waals surface area contributed by atoms with Crippen LogP contribution in [0.5, 0.6) is 0 Å². The highest BCUT2D eigenvalue weighted by Crippen LogP contribution is 2.20. The van der Waals surface area contributed by atoms with Crippen molar-refractivity contribution in [2.45, 2.75) is 19.4 Å². The maximum Gasteiger partial charge on any atom is 0.147 e. The van der Waals surface area contributed by atoms with E-state index in [1.807, 2.05) is 31.2 Å². The Balaban J connectivity index is 2.17. The summed E-state index contributed by atoms with van der Waals surface area (Å²) >= 11 is 0. The van der Waals surface area contributed by atoms with Gasteiger partial charge in [-0.1, -0.05) is 29.8 Å². The fourth-order valence-corrected chi connectivity index (χ4v) is 1.83. The summed E-state index contributed by atoms with van der Waals surface area (Å²) in [4.78, 5) is 3.66. The molecular formula is C14H14FNO. The molecule has 1 aromatic carbocycles. The van der Waals surface area contributed by atoms with E-state index in [2.05, 4.69) is 4.98 Å². The number of halogens is 1. The number of hydrogen-bond acceptors (Lipinski definition) is 2. The van der Waals surface area contributed by atoms with E-state index in [-0.39, 0.29) is 0 Å². The number of rotatable bonds is 3. The van der Waals surface area contributed by atoms with Crippen LogP contribution in [0.4, 0.5) is 4.39 Å². The Hall–Kier alpha value is -1.74. The van der Waals surface area contributed by atoms with Gasteiger partial charge in [0, 0.05) is 18.2 Å². The van der Waals surface area contributed by atoms with Gasteiger partial charge in [0.2, 0.25) is 0 Å². The Bertz CT molecular complexity index is 513. The van der Waals surface area contributed by atoms with Crippen molar-refractivity contribution in [1.29, 1.82) is 0 Å². The first kappa shape index (κ1) is 11.7. The summed E-state index contributed by atoms with van der Waals surface area (Å²) in [5.41, 5.74) is 2.42. The predicted molar refractivity (Wildman–Crippen MR) is 64.0 cm³/mol. The van der Waals surface area contributed by atoms with Gasteiger partial charge in [-0.2, -0.15) is 0 Å². The molecule has 0 spiro atoms. The fraction of sp³-hybridized carbons (Fsp3) is 0.214. The number of aliphatic hydroxyl groups is 1. The number of hydrogen-bond donors (Lipinski definition) is 1. The van der Waals surface area contributed by atoms with Gasteiger partial charge in [0.15, 0.2) is 0 Å². The van der Waals surface area contributed by atoms with Crippen molar-refractivity contribution < 1.29 is 9.50 Å². The largest absolute Gasteiger partial charge is 0.388 e. The highest BCUT2D eigenvalue weighted by atomic mass is 19.1. The average Bonchev–Trinajstić information content (AvgIpc) is 2.29. The summed E-state index contributed by atoms with van der Waals surface area (Å²) in [7, 11) is 0. The SMILES string of the molecule is Cc1cccc(CC(O)c2ccncc2F)c1. The number of aliphatic hydroxyl groups excluding tert-OH is 1. The Morgan fingerprint density at radius 1 is 1.35 bits per heavy atom. The highest BCUT2D eigenvalue weighted by molar-refractivity contribution is 5.25. The summed E-state index contributed by atoms with van der Waals surface area (Å²) in [5.74, 6) is -0.465. The molecule has 0 aliphatic heterocycles. The zero-order valence-corrected chi connectivity index (χ0v) is 9.60. The van der Waals surface area contributed by atoms with Crippen LogP contribution in [0.1, 0.15) is 22.8 Å². The molecule has 1 aromatic heterocycles. The molecule has 0 amide bonds. The lowest BCUT2D eigenvalue weighted by molar-refractivity contribution is 0.173. The van der Waals surface area contributed by atoms with Crippen molar-refractivity contribution in [2.24, 2.45) is 0 Å². The van der Waals surface area contributed by atoms with Crippen LogP contribution in [0.25, 0.3) is 0 Å². The Labute approximate surface area is 99.8 Å². The minimum Gasteiger partial charge on any atom is -0.388 e. The van der Waals surface area contributed by atoms with Crippen molar-refractivity contribution >= 4 is 0 Å². The fourth-order valence-electron chi connectivity index (χ4n) is 1.83. The minimum absolute atomic E-state index is 0.293. The summed E-state index contributed by atoms with van der Waals surface area (Å²) < 4.78 is 13.4. The standard InChI is InChI=1S/C14H14FNO/c1-10-3-2-4-11(7-10)8-14(17)12-5-6-16-9-13(12)15/h2-7,9,14,17H,8H2,1H3. The molecule has 17 heavy (non-hydrogen) atoms. The Morgan fingerprint density at radius 3 is 2.88 bits per heavy atom. The van der Waals surface area contributed by atoms with E-state index < -0.39 is 11.9 Å². The second kappa shape index (κ2) is 5.06. The molecule has 0 radical (unpaired) electrons. The first-order chi connectivity index (χ1) is 8.16. The van der Waals surface area contributed by atoms with Crippen LogP contribution in [-0.4, -0.2) is 10.1 Å². The summed E-state index contributed by atoms with van der Waals surface area (Å²) in [6.07, 6.45) is 2.18. The molecule has 0 bridgehead atoms. The first-order valence-electron chi connectivity index (χ1n) is 5.50. The minimum atomic E-state index is -0.834. The molecule has 88 valence electrons. The molecule has 1 atom stereocenters. The van der Waals surface area contributed by atoms with Crippen LogP contribution in [0, 0.1) is 12.7 Å². The predicted octanol–water partition coefficient (Wildman–Crippen LogP) is 2.81. The lowest BCUT2D eigenvalue weighted by atomic mass is 10.0. The van der Waals surface area contributed by atoms with E-state index in [0.717, 1.165) is 17.3 Å². The summed E-state index contributed by atoms with van der Waals surface area (Å²) in [6.45, 7) is 1.99. The van der Waals surface area contributed by atoms with E-state index in [1.54, 1.807) is 0 Å². The quantitative estimate of drug-likeness (QED) is 0.881. The Kier molecular flexibility index (Phi) is 3.49. The third-order valence-corrected chi connectivity index (χ3v) is 2.67. The molecule has 3 heteroatoms. The van der Waals surface area contributed by atoms with Gasteiger partial charge in [-0.3, -0.25) is 4.98 Å². The van der Waals surface area contributed by atoms with Crippen LogP contribution in [0.15, 0.2) is 42.7 Å². The molecular weight excluding hydrogens is 217 g/mol. The monoisotopic (exact) mass is 231 g/mol. The van der Waals surface area contributed by atoms with Crippen molar-refractivity contribution in [3.63, 3.8) is 0 Å². The highest BCUT2D eigenvalue weighted by Gasteiger charge is 2.13. The molecule has 0 saturated heterocycles. The molecule has 1 heterocycles. The molecule has 2 nitrogen and oxygen atoms in total. The zero-order chi connectivity index (χ0) is 12.3. The van der Waals surface area contributed by atoms with E-state index >= 15 is 0 Å². The molecule has 1 N–H and O–H groups in total. The van der Waals surface area contributed by atoms with E-state index in [1.165, 1.54) is 12.3 Å². The third kappa shape index (κ3) is 2.88. The molecule has 0 aliphatic rings. The van der Waals surface area contributed by atoms with Gasteiger partial charge < -0.3 is 5.11 Å². The molecule has 2 rings (SSSR count). The number of aryl methyl sites for hydroxylation is 1. The van der Waals surface area contributed by atoms with Crippen LogP contribution in [0.3, 0.4) is 0 Å². The van der Waals surface area contributed by atoms with Gasteiger partial charge in [0.25, 0.3) is 0 Å². The van der Waals surface area contributed by atoms with Gasteiger partial charge in [0.1, 0.15) is 5.82 Å². The van der Waals surface area contributed by atoms with Gasteiger partial charge in [-0.15, -0.1) is 0 Å². The van der Waals surface area contributed by atoms with Crippen molar-refractivity contribution in [3.05, 3.63) is 65.2 Å². The van der Waals surface area contributed by atoms with Gasteiger partial charge in [0.05, 0.1) is 12.3 Å². The topological polar surface area (TPSA) is 33.1 Å². The van der Waals surface area contributed by atoms with Gasteiger partial charge >= 0.3 is 0 Å². The summed E-state index contributed by atoms with van der Waals surface area (Å²) in [6, 6.07) is 9.34. The lowest BCUT2D eigenvalue weighted by Crippen LogP contribution is -2.04. The summed E-state index contributed by atoms with van der Waals surface area (Å²) in [5, 5.41) is 9.98. The third-order valence-electron chi connectivity index (χ3n) is 2.67. The van der Waals surface area contributed by atoms with Crippen molar-refractivity contribution in [3.8, 4) is 0 Å². The molecule has 0 saturated carbocycles. The molecule has 2 aromatic rings. The average molecular weight is 231 g/mol. The molecule has 1 unspecified atom stereocenters. The number of pyridine rings is 1. The van der Waals surface area contributed by atoms with E-state index in [9.17, 15) is 9.50 Å². The number of nitrogens with zero attached hydrogens (tertiary/aromatic N) is 1. The maximum atomic E-state index is 13.4. The zero-order valence-electron chi connectivity index (χ0n) is 9.60. The van der Waals surface area contributed by atoms with E-state index in [4.69, 9.17) is 0 Å². The first-order valence-corrected chi connectivity index (χ1v) is 5.50. The Morgan fingerprint density at radius 2 is 2.18 bits per heavy atom. The normalized spacial score (nSPS) is 12.4. The van der Waals surface area contributed by atoms with Gasteiger partial charge in [-0.25, -0.2) is 4.39 Å². The van der Waals surface area contributed by atoms with E-state index in [0.29, 0.717) is 12.0 Å². The van der Waals surface area contributed by atoms with Crippen LogP contribution >= 0.6 is 0 Å². The molecule has 0 aliphatic carbocycles. The van der Waals surface area contributed by atoms with Crippen molar-refractivity contribution in [2.75, 3.05) is 0 Å². The number of aromatic nitrogens is 1. The van der Waals surface area contributed by atoms with Gasteiger partial charge in [-0.05, 0) is 18.6 Å². The van der Waals surface area contributed by atoms with Crippen LogP contribution in [-0.2, 0) is 6.42 Å². The molecule has 0 fully saturated rings. The smallest absolute Gasteiger partial charge is 0.147 e. The second-order valence-electron chi connectivity index (χ2n) is 4.11. The van der Waals surface area contributed by atoms with Crippen molar-refractivity contribution in [1.82, 2.24) is 4.98 Å². The second-order valence-corrected chi connectivity index (χ2v) is 4.11. The maximum absolute atomic E-state index is 13.4. The number of benzene rings is 1.